The summed E-state index contributed by atoms with van der Waals surface area (Å²) in [5, 5.41) is 7.05. The van der Waals surface area contributed by atoms with E-state index in [0.29, 0.717) is 12.4 Å². The molecule has 0 aliphatic rings. The van der Waals surface area contributed by atoms with Crippen LogP contribution in [0.5, 0.6) is 0 Å². The second-order valence-electron chi connectivity index (χ2n) is 3.36. The van der Waals surface area contributed by atoms with Crippen molar-refractivity contribution >= 4 is 0 Å². The molecule has 2 rings (SSSR count). The van der Waals surface area contributed by atoms with Crippen LogP contribution in [0.4, 0.5) is 0 Å². The van der Waals surface area contributed by atoms with Gasteiger partial charge in [-0.3, -0.25) is 0 Å². The lowest BCUT2D eigenvalue weighted by Crippen LogP contribution is -2.18. The molecule has 0 radical (unpaired) electrons. The Kier molecular flexibility index (Phi) is 3.09. The summed E-state index contributed by atoms with van der Waals surface area (Å²) in [6.07, 6.45) is 1.34. The van der Waals surface area contributed by atoms with E-state index in [0.717, 1.165) is 0 Å². The van der Waals surface area contributed by atoms with Crippen LogP contribution in [0.3, 0.4) is 0 Å². The first-order valence-corrected chi connectivity index (χ1v) is 4.90. The summed E-state index contributed by atoms with van der Waals surface area (Å²) in [5.41, 5.74) is 1.25. The van der Waals surface area contributed by atoms with Crippen molar-refractivity contribution < 1.29 is 4.52 Å². The zero-order valence-electron chi connectivity index (χ0n) is 8.55. The van der Waals surface area contributed by atoms with Crippen molar-refractivity contribution in [1.82, 2.24) is 15.5 Å². The van der Waals surface area contributed by atoms with Crippen molar-refractivity contribution in [3.63, 3.8) is 0 Å². The third-order valence-corrected chi connectivity index (χ3v) is 2.27. The number of nitrogens with one attached hydrogen (secondary N) is 1. The molecule has 0 spiro atoms. The molecule has 0 saturated heterocycles. The van der Waals surface area contributed by atoms with E-state index in [4.69, 9.17) is 0 Å². The van der Waals surface area contributed by atoms with Gasteiger partial charge in [0, 0.05) is 6.04 Å². The molecule has 2 aromatic rings. The van der Waals surface area contributed by atoms with Gasteiger partial charge in [0.1, 0.15) is 0 Å². The number of nitrogens with zero attached hydrogens (tertiary/aromatic N) is 2. The molecule has 0 aliphatic carbocycles. The molecule has 0 saturated carbocycles. The number of rotatable bonds is 4. The van der Waals surface area contributed by atoms with E-state index in [9.17, 15) is 0 Å². The van der Waals surface area contributed by atoms with Gasteiger partial charge >= 0.3 is 0 Å². The lowest BCUT2D eigenvalue weighted by atomic mass is 10.1. The van der Waals surface area contributed by atoms with Crippen molar-refractivity contribution in [2.24, 2.45) is 0 Å². The van der Waals surface area contributed by atoms with E-state index in [1.165, 1.54) is 12.0 Å². The van der Waals surface area contributed by atoms with Gasteiger partial charge in [-0.1, -0.05) is 35.5 Å². The van der Waals surface area contributed by atoms with Gasteiger partial charge in [-0.2, -0.15) is 4.98 Å². The maximum Gasteiger partial charge on any atom is 0.213 e. The first-order valence-electron chi connectivity index (χ1n) is 4.90. The number of benzene rings is 1. The summed E-state index contributed by atoms with van der Waals surface area (Å²) >= 11 is 0. The Labute approximate surface area is 88.3 Å². The monoisotopic (exact) mass is 203 g/mol. The minimum Gasteiger partial charge on any atom is -0.343 e. The highest BCUT2D eigenvalue weighted by molar-refractivity contribution is 5.17. The summed E-state index contributed by atoms with van der Waals surface area (Å²) < 4.78 is 4.65. The molecule has 4 heteroatoms. The maximum absolute atomic E-state index is 4.65. The van der Waals surface area contributed by atoms with Crippen LogP contribution < -0.4 is 5.32 Å². The summed E-state index contributed by atoms with van der Waals surface area (Å²) in [6, 6.07) is 10.5. The van der Waals surface area contributed by atoms with Gasteiger partial charge in [-0.05, 0) is 12.5 Å². The third-order valence-electron chi connectivity index (χ3n) is 2.27. The predicted molar refractivity (Wildman–Crippen MR) is 56.0 cm³/mol. The summed E-state index contributed by atoms with van der Waals surface area (Å²) in [6.45, 7) is 2.72. The summed E-state index contributed by atoms with van der Waals surface area (Å²) in [4.78, 5) is 3.94. The Morgan fingerprint density at radius 2 is 2.13 bits per heavy atom. The van der Waals surface area contributed by atoms with Crippen LogP contribution in [0.25, 0.3) is 0 Å². The van der Waals surface area contributed by atoms with Crippen LogP contribution in [-0.2, 0) is 6.54 Å². The molecule has 1 unspecified atom stereocenters. The fourth-order valence-corrected chi connectivity index (χ4v) is 1.37. The van der Waals surface area contributed by atoms with E-state index in [-0.39, 0.29) is 6.04 Å². The lowest BCUT2D eigenvalue weighted by molar-refractivity contribution is 0.405. The topological polar surface area (TPSA) is 51.0 Å². The van der Waals surface area contributed by atoms with E-state index >= 15 is 0 Å². The van der Waals surface area contributed by atoms with E-state index in [1.807, 2.05) is 18.2 Å². The second kappa shape index (κ2) is 4.70. The Hall–Kier alpha value is -1.68. The van der Waals surface area contributed by atoms with E-state index < -0.39 is 0 Å². The largest absolute Gasteiger partial charge is 0.343 e. The molecular weight excluding hydrogens is 190 g/mol. The summed E-state index contributed by atoms with van der Waals surface area (Å²) in [7, 11) is 0. The van der Waals surface area contributed by atoms with Crippen LogP contribution in [0.2, 0.25) is 0 Å². The minimum atomic E-state index is 0.282. The van der Waals surface area contributed by atoms with Crippen molar-refractivity contribution in [2.45, 2.75) is 19.5 Å². The lowest BCUT2D eigenvalue weighted by Gasteiger charge is -2.12. The van der Waals surface area contributed by atoms with Gasteiger partial charge in [0.15, 0.2) is 5.82 Å². The molecule has 0 fully saturated rings. The van der Waals surface area contributed by atoms with Gasteiger partial charge in [-0.15, -0.1) is 0 Å². The smallest absolute Gasteiger partial charge is 0.213 e. The van der Waals surface area contributed by atoms with Gasteiger partial charge in [-0.25, -0.2) is 0 Å². The first-order chi connectivity index (χ1) is 7.36. The number of hydrogen-bond acceptors (Lipinski definition) is 4. The standard InChI is InChI=1S/C11H13N3O/c1-9(10-5-3-2-4-6-10)12-7-11-13-8-15-14-11/h2-6,8-9,12H,7H2,1H3. The van der Waals surface area contributed by atoms with Crippen molar-refractivity contribution in [3.8, 4) is 0 Å². The average molecular weight is 203 g/mol. The Morgan fingerprint density at radius 3 is 2.80 bits per heavy atom. The molecule has 1 heterocycles. The predicted octanol–water partition coefficient (Wildman–Crippen LogP) is 1.92. The van der Waals surface area contributed by atoms with Crippen LogP contribution >= 0.6 is 0 Å². The zero-order valence-corrected chi connectivity index (χ0v) is 8.55. The molecule has 1 aromatic heterocycles. The molecule has 0 amide bonds. The SMILES string of the molecule is CC(NCc1ncon1)c1ccccc1. The van der Waals surface area contributed by atoms with Crippen molar-refractivity contribution in [2.75, 3.05) is 0 Å². The highest BCUT2D eigenvalue weighted by Gasteiger charge is 2.05. The molecule has 1 aromatic carbocycles. The van der Waals surface area contributed by atoms with Gasteiger partial charge in [0.2, 0.25) is 6.39 Å². The Balaban J connectivity index is 1.90. The van der Waals surface area contributed by atoms with Crippen LogP contribution in [0.15, 0.2) is 41.2 Å². The molecule has 15 heavy (non-hydrogen) atoms. The summed E-state index contributed by atoms with van der Waals surface area (Å²) in [5.74, 6) is 0.679. The highest BCUT2D eigenvalue weighted by atomic mass is 16.5. The minimum absolute atomic E-state index is 0.282. The third kappa shape index (κ3) is 2.63. The fourth-order valence-electron chi connectivity index (χ4n) is 1.37. The number of hydrogen-bond donors (Lipinski definition) is 1. The van der Waals surface area contributed by atoms with Crippen LogP contribution in [0, 0.1) is 0 Å². The zero-order chi connectivity index (χ0) is 10.5. The van der Waals surface area contributed by atoms with Crippen molar-refractivity contribution in [1.29, 1.82) is 0 Å². The van der Waals surface area contributed by atoms with Gasteiger partial charge in [0.05, 0.1) is 6.54 Å². The quantitative estimate of drug-likeness (QED) is 0.824. The number of aromatic nitrogens is 2. The molecule has 1 atom stereocenters. The maximum atomic E-state index is 4.65. The Bertz CT molecular complexity index is 385. The highest BCUT2D eigenvalue weighted by Crippen LogP contribution is 2.11. The second-order valence-corrected chi connectivity index (χ2v) is 3.36. The molecule has 78 valence electrons. The van der Waals surface area contributed by atoms with Crippen LogP contribution in [-0.4, -0.2) is 10.1 Å². The van der Waals surface area contributed by atoms with Gasteiger partial charge < -0.3 is 9.84 Å². The molecule has 1 N–H and O–H groups in total. The Morgan fingerprint density at radius 1 is 1.33 bits per heavy atom. The van der Waals surface area contributed by atoms with Crippen LogP contribution in [0.1, 0.15) is 24.4 Å². The normalized spacial score (nSPS) is 12.6. The first kappa shape index (κ1) is 9.86. The van der Waals surface area contributed by atoms with Gasteiger partial charge in [0.25, 0.3) is 0 Å². The van der Waals surface area contributed by atoms with E-state index in [2.05, 4.69) is 39.0 Å². The van der Waals surface area contributed by atoms with Crippen molar-refractivity contribution in [3.05, 3.63) is 48.1 Å². The average Bonchev–Trinajstić information content (AvgIpc) is 2.80. The molecular formula is C11H13N3O. The molecule has 0 bridgehead atoms. The molecule has 4 nitrogen and oxygen atoms in total. The fraction of sp³-hybridized carbons (Fsp3) is 0.273. The molecule has 0 aliphatic heterocycles. The van der Waals surface area contributed by atoms with E-state index in [1.54, 1.807) is 0 Å².